The van der Waals surface area contributed by atoms with E-state index in [0.717, 1.165) is 51.0 Å². The standard InChI is InChI=1S/C25H30Cl2FN5O2/c1-14(20-5-4-18(26)9-21(20)27)30-23-22(28)10-29-25(31-23)33-12-17(13-33)15-3-2-6-32(11-15)19-7-16(8-19)24(34)35/h4-5,9-10,14-17,19H,2-3,6-8,11-13H2,1H3,(H,34,35)(H,29,30,31)/t14-,15?,16?,19?/m1/s1. The maximum absolute atomic E-state index is 14.5. The van der Waals surface area contributed by atoms with Crippen LogP contribution in [0.1, 0.15) is 44.2 Å². The molecule has 1 aliphatic carbocycles. The summed E-state index contributed by atoms with van der Waals surface area (Å²) < 4.78 is 14.5. The fourth-order valence-corrected chi connectivity index (χ4v) is 6.14. The van der Waals surface area contributed by atoms with Crippen LogP contribution in [0, 0.1) is 23.6 Å². The molecule has 0 radical (unpaired) electrons. The summed E-state index contributed by atoms with van der Waals surface area (Å²) in [7, 11) is 0. The summed E-state index contributed by atoms with van der Waals surface area (Å²) in [4.78, 5) is 24.4. The first-order valence-electron chi connectivity index (χ1n) is 12.2. The number of benzene rings is 1. The summed E-state index contributed by atoms with van der Waals surface area (Å²) in [5, 5.41) is 13.3. The van der Waals surface area contributed by atoms with Gasteiger partial charge in [-0.25, -0.2) is 9.37 Å². The maximum atomic E-state index is 14.5. The van der Waals surface area contributed by atoms with E-state index in [0.29, 0.717) is 33.9 Å². The summed E-state index contributed by atoms with van der Waals surface area (Å²) in [6.45, 7) is 5.70. The van der Waals surface area contributed by atoms with Crippen LogP contribution in [-0.2, 0) is 4.79 Å². The van der Waals surface area contributed by atoms with E-state index in [1.165, 1.54) is 12.6 Å². The summed E-state index contributed by atoms with van der Waals surface area (Å²) in [5.74, 6) is 0.471. The van der Waals surface area contributed by atoms with Gasteiger partial charge in [0, 0.05) is 35.7 Å². The Morgan fingerprint density at radius 1 is 1.23 bits per heavy atom. The van der Waals surface area contributed by atoms with Gasteiger partial charge in [0.15, 0.2) is 11.6 Å². The fraction of sp³-hybridized carbons (Fsp3) is 0.560. The van der Waals surface area contributed by atoms with Crippen LogP contribution in [0.2, 0.25) is 10.0 Å². The normalized spacial score (nSPS) is 26.1. The molecule has 35 heavy (non-hydrogen) atoms. The Morgan fingerprint density at radius 3 is 2.71 bits per heavy atom. The van der Waals surface area contributed by atoms with E-state index >= 15 is 0 Å². The van der Waals surface area contributed by atoms with Gasteiger partial charge in [0.1, 0.15) is 0 Å². The van der Waals surface area contributed by atoms with Crippen molar-refractivity contribution in [2.75, 3.05) is 36.4 Å². The first kappa shape index (κ1) is 24.5. The van der Waals surface area contributed by atoms with Gasteiger partial charge in [-0.3, -0.25) is 4.79 Å². The molecule has 3 fully saturated rings. The molecule has 2 atom stereocenters. The quantitative estimate of drug-likeness (QED) is 0.523. The van der Waals surface area contributed by atoms with Crippen molar-refractivity contribution in [1.29, 1.82) is 0 Å². The number of carbonyl (C=O) groups is 1. The molecular weight excluding hydrogens is 492 g/mol. The Balaban J connectivity index is 1.17. The molecule has 0 bridgehead atoms. The van der Waals surface area contributed by atoms with Crippen molar-refractivity contribution in [3.05, 3.63) is 45.8 Å². The van der Waals surface area contributed by atoms with E-state index in [9.17, 15) is 9.18 Å². The van der Waals surface area contributed by atoms with Crippen molar-refractivity contribution in [3.63, 3.8) is 0 Å². The van der Waals surface area contributed by atoms with E-state index in [4.69, 9.17) is 28.3 Å². The fourth-order valence-electron chi connectivity index (χ4n) is 5.57. The molecule has 0 amide bonds. The summed E-state index contributed by atoms with van der Waals surface area (Å²) in [6, 6.07) is 5.40. The van der Waals surface area contributed by atoms with Crippen LogP contribution >= 0.6 is 23.2 Å². The van der Waals surface area contributed by atoms with Crippen LogP contribution in [0.25, 0.3) is 0 Å². The molecule has 7 nitrogen and oxygen atoms in total. The second kappa shape index (κ2) is 10.1. The molecule has 1 aromatic carbocycles. The topological polar surface area (TPSA) is 81.6 Å². The number of nitrogens with one attached hydrogen (secondary N) is 1. The lowest BCUT2D eigenvalue weighted by molar-refractivity contribution is -0.147. The van der Waals surface area contributed by atoms with Crippen LogP contribution < -0.4 is 10.2 Å². The zero-order valence-electron chi connectivity index (χ0n) is 19.6. The first-order valence-corrected chi connectivity index (χ1v) is 13.0. The number of rotatable bonds is 7. The molecule has 1 aromatic heterocycles. The molecule has 188 valence electrons. The number of hydrogen-bond acceptors (Lipinski definition) is 6. The lowest BCUT2D eigenvalue weighted by atomic mass is 9.76. The third-order valence-electron chi connectivity index (χ3n) is 7.84. The van der Waals surface area contributed by atoms with Crippen LogP contribution in [0.4, 0.5) is 16.2 Å². The first-order chi connectivity index (χ1) is 16.8. The smallest absolute Gasteiger partial charge is 0.306 e. The molecule has 3 aliphatic rings. The number of hydrogen-bond donors (Lipinski definition) is 2. The molecule has 10 heteroatoms. The average Bonchev–Trinajstić information content (AvgIpc) is 2.74. The highest BCUT2D eigenvalue weighted by Crippen LogP contribution is 2.38. The molecule has 1 unspecified atom stereocenters. The average molecular weight is 522 g/mol. The van der Waals surface area contributed by atoms with Crippen molar-refractivity contribution in [1.82, 2.24) is 14.9 Å². The van der Waals surface area contributed by atoms with Gasteiger partial charge in [-0.15, -0.1) is 0 Å². The highest BCUT2D eigenvalue weighted by atomic mass is 35.5. The zero-order chi connectivity index (χ0) is 24.7. The third-order valence-corrected chi connectivity index (χ3v) is 8.40. The summed E-state index contributed by atoms with van der Waals surface area (Å²) >= 11 is 12.3. The number of aliphatic carboxylic acids is 1. The Bertz CT molecular complexity index is 1090. The van der Waals surface area contributed by atoms with Gasteiger partial charge < -0.3 is 20.2 Å². The Morgan fingerprint density at radius 2 is 2.00 bits per heavy atom. The number of likely N-dealkylation sites (tertiary alicyclic amines) is 1. The van der Waals surface area contributed by atoms with Crippen molar-refractivity contribution in [2.45, 2.75) is 44.7 Å². The maximum Gasteiger partial charge on any atom is 0.306 e. The Kier molecular flexibility index (Phi) is 7.06. The van der Waals surface area contributed by atoms with E-state index in [1.807, 2.05) is 13.0 Å². The number of nitrogens with zero attached hydrogens (tertiary/aromatic N) is 4. The molecule has 5 rings (SSSR count). The molecule has 1 saturated carbocycles. The van der Waals surface area contributed by atoms with E-state index < -0.39 is 11.8 Å². The monoisotopic (exact) mass is 521 g/mol. The second-order valence-corrected chi connectivity index (χ2v) is 11.0. The van der Waals surface area contributed by atoms with Crippen molar-refractivity contribution < 1.29 is 14.3 Å². The largest absolute Gasteiger partial charge is 0.481 e. The molecule has 2 N–H and O–H groups in total. The zero-order valence-corrected chi connectivity index (χ0v) is 21.1. The van der Waals surface area contributed by atoms with E-state index in [-0.39, 0.29) is 17.8 Å². The lowest BCUT2D eigenvalue weighted by Crippen LogP contribution is -2.56. The SMILES string of the molecule is C[C@@H](Nc1nc(N2CC(C3CCCN(C4CC(C(=O)O)C4)C3)C2)ncc1F)c1ccc(Cl)cc1Cl. The number of anilines is 2. The molecule has 2 saturated heterocycles. The molecule has 3 heterocycles. The van der Waals surface area contributed by atoms with E-state index in [1.54, 1.807) is 12.1 Å². The molecule has 0 spiro atoms. The molecule has 2 aliphatic heterocycles. The summed E-state index contributed by atoms with van der Waals surface area (Å²) in [6.07, 6.45) is 5.11. The van der Waals surface area contributed by atoms with Gasteiger partial charge in [0.05, 0.1) is 18.2 Å². The van der Waals surface area contributed by atoms with Crippen molar-refractivity contribution in [2.24, 2.45) is 17.8 Å². The number of halogens is 3. The minimum atomic E-state index is -0.664. The number of piperidine rings is 1. The molecule has 2 aromatic rings. The number of aromatic nitrogens is 2. The summed E-state index contributed by atoms with van der Waals surface area (Å²) in [5.41, 5.74) is 0.808. The third kappa shape index (κ3) is 5.20. The Hall–Kier alpha value is -2.16. The number of carboxylic acids is 1. The van der Waals surface area contributed by atoms with Crippen LogP contribution in [0.15, 0.2) is 24.4 Å². The predicted molar refractivity (Wildman–Crippen MR) is 135 cm³/mol. The number of carboxylic acid groups (broad SMARTS) is 1. The highest BCUT2D eigenvalue weighted by Gasteiger charge is 2.42. The van der Waals surface area contributed by atoms with Gasteiger partial charge >= 0.3 is 5.97 Å². The van der Waals surface area contributed by atoms with Gasteiger partial charge in [-0.05, 0) is 68.7 Å². The van der Waals surface area contributed by atoms with Gasteiger partial charge in [0.2, 0.25) is 5.95 Å². The molecular formula is C25H30Cl2FN5O2. The second-order valence-electron chi connectivity index (χ2n) is 10.1. The Labute approximate surface area is 214 Å². The van der Waals surface area contributed by atoms with Gasteiger partial charge in [-0.2, -0.15) is 4.98 Å². The highest BCUT2D eigenvalue weighted by molar-refractivity contribution is 6.35. The minimum Gasteiger partial charge on any atom is -0.481 e. The van der Waals surface area contributed by atoms with Crippen molar-refractivity contribution >= 4 is 40.9 Å². The predicted octanol–water partition coefficient (Wildman–Crippen LogP) is 5.11. The minimum absolute atomic E-state index is 0.152. The van der Waals surface area contributed by atoms with Crippen LogP contribution in [0.5, 0.6) is 0 Å². The van der Waals surface area contributed by atoms with Crippen LogP contribution in [-0.4, -0.2) is 58.2 Å². The lowest BCUT2D eigenvalue weighted by Gasteiger charge is -2.50. The van der Waals surface area contributed by atoms with Crippen molar-refractivity contribution in [3.8, 4) is 0 Å². The van der Waals surface area contributed by atoms with E-state index in [2.05, 4.69) is 25.1 Å². The van der Waals surface area contributed by atoms with Gasteiger partial charge in [-0.1, -0.05) is 29.3 Å². The van der Waals surface area contributed by atoms with Gasteiger partial charge in [0.25, 0.3) is 0 Å². The van der Waals surface area contributed by atoms with Crippen LogP contribution in [0.3, 0.4) is 0 Å².